The van der Waals surface area contributed by atoms with Gasteiger partial charge in [0.25, 0.3) is 0 Å². The lowest BCUT2D eigenvalue weighted by molar-refractivity contribution is 0.217. The molecule has 5 heteroatoms. The van der Waals surface area contributed by atoms with E-state index in [1.54, 1.807) is 26.0 Å². The van der Waals surface area contributed by atoms with Crippen molar-refractivity contribution >= 4 is 11.8 Å². The van der Waals surface area contributed by atoms with E-state index in [1.165, 1.54) is 10.5 Å². The Balaban J connectivity index is 1.63. The van der Waals surface area contributed by atoms with Crippen LogP contribution >= 0.6 is 11.8 Å². The predicted octanol–water partition coefficient (Wildman–Crippen LogP) is 5.49. The average Bonchev–Trinajstić information content (AvgIpc) is 3.00. The van der Waals surface area contributed by atoms with Crippen LogP contribution in [0.25, 0.3) is 11.1 Å². The fourth-order valence-electron chi connectivity index (χ4n) is 3.78. The second kappa shape index (κ2) is 9.45. The Bertz CT molecular complexity index is 1000. The first kappa shape index (κ1) is 20.6. The van der Waals surface area contributed by atoms with Crippen LogP contribution in [0, 0.1) is 0 Å². The Labute approximate surface area is 182 Å². The second-order valence-electron chi connectivity index (χ2n) is 7.31. The summed E-state index contributed by atoms with van der Waals surface area (Å²) in [6.45, 7) is 3.22. The summed E-state index contributed by atoms with van der Waals surface area (Å²) in [6.07, 6.45) is 2.10. The third-order valence-corrected chi connectivity index (χ3v) is 6.11. The number of benzene rings is 3. The van der Waals surface area contributed by atoms with Gasteiger partial charge in [-0.25, -0.2) is 0 Å². The highest BCUT2D eigenvalue weighted by Gasteiger charge is 2.21. The Hall–Kier alpha value is -2.63. The summed E-state index contributed by atoms with van der Waals surface area (Å²) in [5, 5.41) is 0. The van der Waals surface area contributed by atoms with Gasteiger partial charge >= 0.3 is 0 Å². The van der Waals surface area contributed by atoms with Crippen LogP contribution in [0.1, 0.15) is 11.1 Å². The van der Waals surface area contributed by atoms with Crippen molar-refractivity contribution in [1.29, 1.82) is 0 Å². The molecule has 30 heavy (non-hydrogen) atoms. The molecule has 0 fully saturated rings. The van der Waals surface area contributed by atoms with Gasteiger partial charge in [0.05, 0.1) is 14.2 Å². The summed E-state index contributed by atoms with van der Waals surface area (Å²) in [7, 11) is 3.39. The molecule has 0 radical (unpaired) electrons. The minimum atomic E-state index is 0.644. The highest BCUT2D eigenvalue weighted by Crippen LogP contribution is 2.39. The first-order valence-electron chi connectivity index (χ1n) is 10.0. The normalized spacial score (nSPS) is 13.8. The molecule has 0 unspecified atom stereocenters. The van der Waals surface area contributed by atoms with Crippen molar-refractivity contribution in [3.8, 4) is 28.4 Å². The first-order chi connectivity index (χ1) is 14.7. The molecule has 1 aliphatic rings. The molecule has 0 bridgehead atoms. The molecule has 156 valence electrons. The molecule has 1 heterocycles. The molecule has 0 aromatic heterocycles. The minimum absolute atomic E-state index is 0.644. The van der Waals surface area contributed by atoms with Crippen LogP contribution in [-0.4, -0.2) is 38.5 Å². The van der Waals surface area contributed by atoms with E-state index in [1.807, 2.05) is 24.3 Å². The molecule has 3 aromatic rings. The molecule has 0 N–H and O–H groups in total. The maximum absolute atomic E-state index is 6.12. The maximum Gasteiger partial charge on any atom is 0.165 e. The molecule has 3 aromatic carbocycles. The molecular weight excluding hydrogens is 394 g/mol. The van der Waals surface area contributed by atoms with E-state index in [2.05, 4.69) is 47.6 Å². The third kappa shape index (κ3) is 4.58. The SMILES string of the molecule is COc1cccc(-c2cc3c(c(OC)c2)OCCN(Cc2ccc(SC)cc2)C3)c1. The molecule has 1 aliphatic heterocycles. The van der Waals surface area contributed by atoms with Gasteiger partial charge in [-0.05, 0) is 59.3 Å². The number of hydrogen-bond donors (Lipinski definition) is 0. The van der Waals surface area contributed by atoms with Crippen molar-refractivity contribution < 1.29 is 14.2 Å². The lowest BCUT2D eigenvalue weighted by Crippen LogP contribution is -2.25. The van der Waals surface area contributed by atoms with Crippen molar-refractivity contribution in [1.82, 2.24) is 4.90 Å². The van der Waals surface area contributed by atoms with Crippen LogP contribution in [-0.2, 0) is 13.1 Å². The molecule has 4 rings (SSSR count). The van der Waals surface area contributed by atoms with Crippen molar-refractivity contribution in [3.05, 3.63) is 71.8 Å². The number of ether oxygens (including phenoxy) is 3. The van der Waals surface area contributed by atoms with E-state index in [0.29, 0.717) is 6.61 Å². The van der Waals surface area contributed by atoms with Gasteiger partial charge in [0.2, 0.25) is 0 Å². The maximum atomic E-state index is 6.12. The van der Waals surface area contributed by atoms with Gasteiger partial charge in [-0.1, -0.05) is 24.3 Å². The topological polar surface area (TPSA) is 30.9 Å². The molecule has 0 aliphatic carbocycles. The number of methoxy groups -OCH3 is 2. The van der Waals surface area contributed by atoms with Crippen LogP contribution in [0.15, 0.2) is 65.6 Å². The Morgan fingerprint density at radius 3 is 2.53 bits per heavy atom. The quantitative estimate of drug-likeness (QED) is 0.492. The van der Waals surface area contributed by atoms with Gasteiger partial charge in [0.1, 0.15) is 12.4 Å². The molecule has 4 nitrogen and oxygen atoms in total. The standard InChI is InChI=1S/C25H27NO3S/c1-27-22-6-4-5-19(14-22)20-13-21-17-26(11-12-29-25(21)24(15-20)28-2)16-18-7-9-23(30-3)10-8-18/h4-10,13-15H,11-12,16-17H2,1-3H3. The Morgan fingerprint density at radius 2 is 1.80 bits per heavy atom. The second-order valence-corrected chi connectivity index (χ2v) is 8.19. The van der Waals surface area contributed by atoms with Gasteiger partial charge in [0, 0.05) is 30.1 Å². The monoisotopic (exact) mass is 421 g/mol. The van der Waals surface area contributed by atoms with E-state index >= 15 is 0 Å². The van der Waals surface area contributed by atoms with Gasteiger partial charge in [0.15, 0.2) is 11.5 Å². The third-order valence-electron chi connectivity index (χ3n) is 5.37. The number of thioether (sulfide) groups is 1. The molecule has 0 saturated heterocycles. The van der Waals surface area contributed by atoms with E-state index in [0.717, 1.165) is 53.6 Å². The molecule has 0 saturated carbocycles. The van der Waals surface area contributed by atoms with Crippen LogP contribution in [0.2, 0.25) is 0 Å². The summed E-state index contributed by atoms with van der Waals surface area (Å²) in [5.74, 6) is 2.47. The molecular formula is C25H27NO3S. The fourth-order valence-corrected chi connectivity index (χ4v) is 4.19. The van der Waals surface area contributed by atoms with Crippen molar-refractivity contribution in [3.63, 3.8) is 0 Å². The summed E-state index contributed by atoms with van der Waals surface area (Å²) in [6, 6.07) is 21.2. The molecule has 0 amide bonds. The van der Waals surface area contributed by atoms with Gasteiger partial charge in [-0.15, -0.1) is 11.8 Å². The number of fused-ring (bicyclic) bond motifs is 1. The zero-order valence-electron chi connectivity index (χ0n) is 17.7. The van der Waals surface area contributed by atoms with E-state index < -0.39 is 0 Å². The van der Waals surface area contributed by atoms with Gasteiger partial charge in [-0.3, -0.25) is 4.90 Å². The van der Waals surface area contributed by atoms with E-state index in [4.69, 9.17) is 14.2 Å². The zero-order chi connectivity index (χ0) is 20.9. The van der Waals surface area contributed by atoms with Crippen molar-refractivity contribution in [2.24, 2.45) is 0 Å². The highest BCUT2D eigenvalue weighted by atomic mass is 32.2. The summed E-state index contributed by atoms with van der Waals surface area (Å²) < 4.78 is 17.2. The lowest BCUT2D eigenvalue weighted by Gasteiger charge is -2.20. The average molecular weight is 422 g/mol. The van der Waals surface area contributed by atoms with Crippen molar-refractivity contribution in [2.75, 3.05) is 33.6 Å². The smallest absolute Gasteiger partial charge is 0.165 e. The lowest BCUT2D eigenvalue weighted by atomic mass is 10.0. The molecule has 0 atom stereocenters. The Kier molecular flexibility index (Phi) is 6.50. The predicted molar refractivity (Wildman–Crippen MR) is 123 cm³/mol. The minimum Gasteiger partial charge on any atom is -0.497 e. The fraction of sp³-hybridized carbons (Fsp3) is 0.280. The van der Waals surface area contributed by atoms with Crippen LogP contribution in [0.4, 0.5) is 0 Å². The van der Waals surface area contributed by atoms with Crippen LogP contribution in [0.5, 0.6) is 17.2 Å². The number of nitrogens with zero attached hydrogens (tertiary/aromatic N) is 1. The zero-order valence-corrected chi connectivity index (χ0v) is 18.5. The van der Waals surface area contributed by atoms with Crippen LogP contribution in [0.3, 0.4) is 0 Å². The van der Waals surface area contributed by atoms with Crippen LogP contribution < -0.4 is 14.2 Å². The number of hydrogen-bond acceptors (Lipinski definition) is 5. The largest absolute Gasteiger partial charge is 0.497 e. The first-order valence-corrected chi connectivity index (χ1v) is 11.3. The summed E-state index contributed by atoms with van der Waals surface area (Å²) >= 11 is 1.77. The van der Waals surface area contributed by atoms with Gasteiger partial charge < -0.3 is 14.2 Å². The highest BCUT2D eigenvalue weighted by molar-refractivity contribution is 7.98. The summed E-state index contributed by atoms with van der Waals surface area (Å²) in [4.78, 5) is 3.71. The van der Waals surface area contributed by atoms with Crippen molar-refractivity contribution in [2.45, 2.75) is 18.0 Å². The summed E-state index contributed by atoms with van der Waals surface area (Å²) in [5.41, 5.74) is 4.65. The molecule has 0 spiro atoms. The van der Waals surface area contributed by atoms with Gasteiger partial charge in [-0.2, -0.15) is 0 Å². The van der Waals surface area contributed by atoms with E-state index in [-0.39, 0.29) is 0 Å². The number of rotatable bonds is 6. The Morgan fingerprint density at radius 1 is 0.967 bits per heavy atom. The van der Waals surface area contributed by atoms with E-state index in [9.17, 15) is 0 Å².